The number of rotatable bonds is 2. The van der Waals surface area contributed by atoms with Crippen molar-refractivity contribution < 1.29 is 0 Å². The maximum absolute atomic E-state index is 3.67. The van der Waals surface area contributed by atoms with Gasteiger partial charge in [0.1, 0.15) is 0 Å². The summed E-state index contributed by atoms with van der Waals surface area (Å²) in [6.45, 7) is 5.58. The molecule has 0 saturated carbocycles. The molecule has 1 aliphatic rings. The monoisotopic (exact) mass is 135 g/mol. The molecular formula is C9H13N. The molecule has 0 unspecified atom stereocenters. The van der Waals surface area contributed by atoms with Gasteiger partial charge in [0.15, 0.2) is 0 Å². The van der Waals surface area contributed by atoms with Crippen LogP contribution in [0.15, 0.2) is 28.4 Å². The summed E-state index contributed by atoms with van der Waals surface area (Å²) >= 11 is 0. The summed E-state index contributed by atoms with van der Waals surface area (Å²) in [6, 6.07) is 0. The third-order valence-corrected chi connectivity index (χ3v) is 1.93. The first-order chi connectivity index (χ1) is 4.84. The van der Waals surface area contributed by atoms with Gasteiger partial charge in [-0.3, -0.25) is 4.99 Å². The van der Waals surface area contributed by atoms with E-state index < -0.39 is 0 Å². The van der Waals surface area contributed by atoms with Crippen LogP contribution >= 0.6 is 0 Å². The number of nitrogens with zero attached hydrogens (tertiary/aromatic N) is 1. The van der Waals surface area contributed by atoms with Crippen molar-refractivity contribution in [1.82, 2.24) is 0 Å². The number of aliphatic imine (C=N–C) groups is 1. The highest BCUT2D eigenvalue weighted by molar-refractivity contribution is 5.31. The summed E-state index contributed by atoms with van der Waals surface area (Å²) in [5, 5.41) is 0. The molecule has 0 saturated heterocycles. The van der Waals surface area contributed by atoms with E-state index >= 15 is 0 Å². The van der Waals surface area contributed by atoms with Gasteiger partial charge in [-0.25, -0.2) is 0 Å². The van der Waals surface area contributed by atoms with Crippen LogP contribution < -0.4 is 0 Å². The molecule has 0 fully saturated rings. The van der Waals surface area contributed by atoms with Gasteiger partial charge in [0.25, 0.3) is 0 Å². The van der Waals surface area contributed by atoms with Crippen LogP contribution in [0.1, 0.15) is 26.2 Å². The second-order valence-corrected chi connectivity index (χ2v) is 2.66. The van der Waals surface area contributed by atoms with Crippen LogP contribution in [0.4, 0.5) is 0 Å². The first kappa shape index (κ1) is 7.26. The molecule has 0 radical (unpaired) electrons. The van der Waals surface area contributed by atoms with E-state index in [0.717, 1.165) is 0 Å². The first-order valence-electron chi connectivity index (χ1n) is 3.65. The molecule has 54 valence electrons. The van der Waals surface area contributed by atoms with E-state index in [-0.39, 0.29) is 0 Å². The van der Waals surface area contributed by atoms with Gasteiger partial charge in [-0.1, -0.05) is 5.57 Å². The third-order valence-electron chi connectivity index (χ3n) is 1.93. The Balaban J connectivity index is 2.62. The normalized spacial score (nSPS) is 18.9. The molecule has 0 aromatic carbocycles. The average Bonchev–Trinajstić information content (AvgIpc) is 2.31. The lowest BCUT2D eigenvalue weighted by atomic mass is 10.2. The summed E-state index contributed by atoms with van der Waals surface area (Å²) < 4.78 is 0. The fraction of sp³-hybridized carbons (Fsp3) is 0.444. The minimum atomic E-state index is 1.22. The molecule has 0 spiro atoms. The fourth-order valence-corrected chi connectivity index (χ4v) is 1.29. The molecule has 0 N–H and O–H groups in total. The Hall–Kier alpha value is -0.850. The second kappa shape index (κ2) is 3.35. The van der Waals surface area contributed by atoms with Crippen LogP contribution in [0.25, 0.3) is 0 Å². The summed E-state index contributed by atoms with van der Waals surface area (Å²) in [5.74, 6) is 0. The van der Waals surface area contributed by atoms with Gasteiger partial charge in [-0.05, 0) is 44.6 Å². The molecule has 1 heteroatoms. The zero-order valence-electron chi connectivity index (χ0n) is 6.43. The van der Waals surface area contributed by atoms with E-state index in [9.17, 15) is 0 Å². The first-order valence-corrected chi connectivity index (χ1v) is 3.65. The highest BCUT2D eigenvalue weighted by Gasteiger charge is 2.06. The molecule has 0 amide bonds. The summed E-state index contributed by atoms with van der Waals surface area (Å²) in [6.07, 6.45) is 7.62. The van der Waals surface area contributed by atoms with E-state index in [1.54, 1.807) is 6.20 Å². The Morgan fingerprint density at radius 3 is 2.80 bits per heavy atom. The van der Waals surface area contributed by atoms with Crippen molar-refractivity contribution in [3.05, 3.63) is 23.4 Å². The minimum absolute atomic E-state index is 1.22. The molecule has 0 aliphatic heterocycles. The SMILES string of the molecule is C=N/C=C\C1=C(C)CCC1. The van der Waals surface area contributed by atoms with Crippen LogP contribution in [0.5, 0.6) is 0 Å². The smallest absolute Gasteiger partial charge is 0.0263 e. The van der Waals surface area contributed by atoms with Gasteiger partial charge < -0.3 is 0 Å². The Bertz CT molecular complexity index is 187. The minimum Gasteiger partial charge on any atom is -0.273 e. The van der Waals surface area contributed by atoms with Crippen molar-refractivity contribution in [2.75, 3.05) is 0 Å². The Morgan fingerprint density at radius 1 is 1.50 bits per heavy atom. The third kappa shape index (κ3) is 1.56. The summed E-state index contributed by atoms with van der Waals surface area (Å²) in [4.78, 5) is 3.67. The van der Waals surface area contributed by atoms with Gasteiger partial charge in [-0.15, -0.1) is 0 Å². The van der Waals surface area contributed by atoms with Gasteiger partial charge in [0.2, 0.25) is 0 Å². The largest absolute Gasteiger partial charge is 0.273 e. The van der Waals surface area contributed by atoms with Crippen molar-refractivity contribution in [2.24, 2.45) is 4.99 Å². The van der Waals surface area contributed by atoms with Gasteiger partial charge >= 0.3 is 0 Å². The Morgan fingerprint density at radius 2 is 2.30 bits per heavy atom. The van der Waals surface area contributed by atoms with Crippen molar-refractivity contribution in [1.29, 1.82) is 0 Å². The quantitative estimate of drug-likeness (QED) is 0.516. The predicted molar refractivity (Wildman–Crippen MR) is 45.2 cm³/mol. The Kier molecular flexibility index (Phi) is 2.43. The van der Waals surface area contributed by atoms with Crippen LogP contribution in [0.2, 0.25) is 0 Å². The van der Waals surface area contributed by atoms with E-state index in [0.29, 0.717) is 0 Å². The molecule has 1 aliphatic carbocycles. The fourth-order valence-electron chi connectivity index (χ4n) is 1.29. The molecule has 0 aromatic heterocycles. The number of hydrogen-bond donors (Lipinski definition) is 0. The lowest BCUT2D eigenvalue weighted by Gasteiger charge is -1.91. The maximum atomic E-state index is 3.67. The van der Waals surface area contributed by atoms with Crippen molar-refractivity contribution >= 4 is 6.72 Å². The topological polar surface area (TPSA) is 12.4 Å². The maximum Gasteiger partial charge on any atom is 0.0263 e. The molecule has 10 heavy (non-hydrogen) atoms. The second-order valence-electron chi connectivity index (χ2n) is 2.66. The van der Waals surface area contributed by atoms with Crippen molar-refractivity contribution in [3.8, 4) is 0 Å². The van der Waals surface area contributed by atoms with E-state index in [1.807, 2.05) is 0 Å². The van der Waals surface area contributed by atoms with Crippen LogP contribution in [-0.2, 0) is 0 Å². The van der Waals surface area contributed by atoms with E-state index in [1.165, 1.54) is 30.4 Å². The zero-order chi connectivity index (χ0) is 7.40. The molecule has 0 bridgehead atoms. The van der Waals surface area contributed by atoms with E-state index in [4.69, 9.17) is 0 Å². The highest BCUT2D eigenvalue weighted by atomic mass is 14.6. The Labute approximate surface area is 62.2 Å². The van der Waals surface area contributed by atoms with E-state index in [2.05, 4.69) is 24.7 Å². The summed E-state index contributed by atoms with van der Waals surface area (Å²) in [7, 11) is 0. The van der Waals surface area contributed by atoms with Crippen molar-refractivity contribution in [3.63, 3.8) is 0 Å². The van der Waals surface area contributed by atoms with Gasteiger partial charge in [0.05, 0.1) is 0 Å². The number of hydrogen-bond acceptors (Lipinski definition) is 1. The lowest BCUT2D eigenvalue weighted by Crippen LogP contribution is -1.71. The summed E-state index contributed by atoms with van der Waals surface area (Å²) in [5.41, 5.74) is 2.97. The molecular weight excluding hydrogens is 122 g/mol. The zero-order valence-corrected chi connectivity index (χ0v) is 6.43. The standard InChI is InChI=1S/C9H13N/c1-8-4-3-5-9(8)6-7-10-2/h6-7H,2-5H2,1H3/b7-6-. The van der Waals surface area contributed by atoms with Crippen LogP contribution in [-0.4, -0.2) is 6.72 Å². The lowest BCUT2D eigenvalue weighted by molar-refractivity contribution is 0.899. The molecule has 0 aromatic rings. The number of allylic oxidation sites excluding steroid dienone is 3. The van der Waals surface area contributed by atoms with Crippen LogP contribution in [0, 0.1) is 0 Å². The van der Waals surface area contributed by atoms with Gasteiger partial charge in [0, 0.05) is 6.20 Å². The molecule has 1 rings (SSSR count). The molecule has 0 heterocycles. The average molecular weight is 135 g/mol. The predicted octanol–water partition coefficient (Wildman–Crippen LogP) is 2.70. The highest BCUT2D eigenvalue weighted by Crippen LogP contribution is 2.25. The van der Waals surface area contributed by atoms with Crippen molar-refractivity contribution in [2.45, 2.75) is 26.2 Å². The molecule has 0 atom stereocenters. The van der Waals surface area contributed by atoms with Gasteiger partial charge in [-0.2, -0.15) is 0 Å². The van der Waals surface area contributed by atoms with Crippen LogP contribution in [0.3, 0.4) is 0 Å². The molecule has 1 nitrogen and oxygen atoms in total.